The van der Waals surface area contributed by atoms with Gasteiger partial charge >= 0.3 is 5.97 Å². The zero-order valence-corrected chi connectivity index (χ0v) is 21.9. The fourth-order valence-corrected chi connectivity index (χ4v) is 4.73. The standard InChI is InChI=1S/C27H39NO4S/c1-17-9-8-10-18(2)25(30)20(4)26(31)27(6,7)14-13-24(29)32-23(12-11-17)19(3)15-22-16-33-21(5)28-22/h11,13-16,18,20,23,25,30H,8-10,12H2,1-7H3/b14-13+,17-11-,19-15+. The average Bonchev–Trinajstić information content (AvgIpc) is 3.17. The van der Waals surface area contributed by atoms with E-state index in [-0.39, 0.29) is 11.7 Å². The predicted molar refractivity (Wildman–Crippen MR) is 135 cm³/mol. The highest BCUT2D eigenvalue weighted by molar-refractivity contribution is 7.09. The maximum Gasteiger partial charge on any atom is 0.331 e. The van der Waals surface area contributed by atoms with Crippen LogP contribution in [0.4, 0.5) is 0 Å². The lowest BCUT2D eigenvalue weighted by Gasteiger charge is -2.29. The number of cyclic esters (lactones) is 1. The van der Waals surface area contributed by atoms with Gasteiger partial charge in [-0.3, -0.25) is 4.79 Å². The molecule has 33 heavy (non-hydrogen) atoms. The number of hydrogen-bond acceptors (Lipinski definition) is 6. The number of aliphatic hydroxyl groups excluding tert-OH is 1. The normalized spacial score (nSPS) is 30.9. The largest absolute Gasteiger partial charge is 0.454 e. The van der Waals surface area contributed by atoms with Crippen molar-refractivity contribution in [1.82, 2.24) is 4.98 Å². The van der Waals surface area contributed by atoms with Crippen molar-refractivity contribution in [1.29, 1.82) is 0 Å². The van der Waals surface area contributed by atoms with Crippen molar-refractivity contribution in [2.24, 2.45) is 17.3 Å². The average molecular weight is 474 g/mol. The molecule has 5 nitrogen and oxygen atoms in total. The molecule has 6 heteroatoms. The number of aliphatic hydroxyl groups is 1. The molecule has 0 amide bonds. The molecule has 2 rings (SSSR count). The number of nitrogens with zero attached hydrogens (tertiary/aromatic N) is 1. The van der Waals surface area contributed by atoms with Crippen molar-refractivity contribution >= 4 is 29.2 Å². The molecule has 182 valence electrons. The van der Waals surface area contributed by atoms with Gasteiger partial charge in [0.25, 0.3) is 0 Å². The van der Waals surface area contributed by atoms with Crippen LogP contribution in [-0.4, -0.2) is 34.1 Å². The quantitative estimate of drug-likeness (QED) is 0.417. The van der Waals surface area contributed by atoms with Crippen LogP contribution in [0.3, 0.4) is 0 Å². The molecule has 1 aliphatic rings. The number of ether oxygens (including phenoxy) is 1. The highest BCUT2D eigenvalue weighted by atomic mass is 32.1. The van der Waals surface area contributed by atoms with Gasteiger partial charge in [0, 0.05) is 29.2 Å². The van der Waals surface area contributed by atoms with Crippen molar-refractivity contribution in [3.05, 3.63) is 45.5 Å². The highest BCUT2D eigenvalue weighted by Crippen LogP contribution is 2.29. The Morgan fingerprint density at radius 1 is 1.27 bits per heavy atom. The third-order valence-corrected chi connectivity index (χ3v) is 7.26. The van der Waals surface area contributed by atoms with E-state index in [1.807, 2.05) is 32.2 Å². The Balaban J connectivity index is 2.33. The summed E-state index contributed by atoms with van der Waals surface area (Å²) in [5.74, 6) is -1.06. The molecule has 0 spiro atoms. The van der Waals surface area contributed by atoms with Crippen LogP contribution in [0, 0.1) is 24.2 Å². The second kappa shape index (κ2) is 11.9. The molecule has 4 unspecified atom stereocenters. The smallest absolute Gasteiger partial charge is 0.331 e. The molecule has 1 N–H and O–H groups in total. The summed E-state index contributed by atoms with van der Waals surface area (Å²) in [7, 11) is 0. The fraction of sp³-hybridized carbons (Fsp3) is 0.593. The second-order valence-electron chi connectivity index (χ2n) is 9.96. The summed E-state index contributed by atoms with van der Waals surface area (Å²) < 4.78 is 5.81. The Bertz CT molecular complexity index is 924. The summed E-state index contributed by atoms with van der Waals surface area (Å²) in [4.78, 5) is 30.2. The fourth-order valence-electron chi connectivity index (χ4n) is 4.16. The van der Waals surface area contributed by atoms with Crippen molar-refractivity contribution < 1.29 is 19.4 Å². The molecule has 0 bridgehead atoms. The number of carbonyl (C=O) groups is 2. The first-order valence-electron chi connectivity index (χ1n) is 11.8. The van der Waals surface area contributed by atoms with Crippen molar-refractivity contribution in [3.8, 4) is 0 Å². The van der Waals surface area contributed by atoms with Gasteiger partial charge in [0.05, 0.1) is 16.8 Å². The number of ketones is 1. The predicted octanol–water partition coefficient (Wildman–Crippen LogP) is 6.07. The van der Waals surface area contributed by atoms with Gasteiger partial charge in [-0.1, -0.05) is 31.6 Å². The van der Waals surface area contributed by atoms with E-state index in [1.165, 1.54) is 11.6 Å². The number of rotatable bonds is 2. The van der Waals surface area contributed by atoms with Gasteiger partial charge in [0.2, 0.25) is 0 Å². The summed E-state index contributed by atoms with van der Waals surface area (Å²) in [6.45, 7) is 13.3. The van der Waals surface area contributed by atoms with Crippen LogP contribution in [0.25, 0.3) is 6.08 Å². The molecule has 0 saturated carbocycles. The van der Waals surface area contributed by atoms with E-state index < -0.39 is 29.5 Å². The van der Waals surface area contributed by atoms with Gasteiger partial charge in [0.1, 0.15) is 11.9 Å². The molecule has 0 aliphatic carbocycles. The molecule has 2 heterocycles. The van der Waals surface area contributed by atoms with E-state index in [1.54, 1.807) is 38.2 Å². The first kappa shape index (κ1) is 27.2. The number of aromatic nitrogens is 1. The second-order valence-corrected chi connectivity index (χ2v) is 11.0. The summed E-state index contributed by atoms with van der Waals surface area (Å²) in [5, 5.41) is 13.7. The van der Waals surface area contributed by atoms with Crippen LogP contribution in [0.2, 0.25) is 0 Å². The van der Waals surface area contributed by atoms with E-state index in [0.717, 1.165) is 35.5 Å². The minimum absolute atomic E-state index is 0.0221. The molecule has 1 aromatic heterocycles. The maximum absolute atomic E-state index is 13.1. The zero-order chi connectivity index (χ0) is 24.8. The molecular weight excluding hydrogens is 434 g/mol. The number of hydrogen-bond donors (Lipinski definition) is 1. The van der Waals surface area contributed by atoms with Crippen molar-refractivity contribution in [2.45, 2.75) is 86.4 Å². The van der Waals surface area contributed by atoms with Crippen LogP contribution in [-0.2, 0) is 14.3 Å². The molecule has 0 radical (unpaired) electrons. The highest BCUT2D eigenvalue weighted by Gasteiger charge is 2.35. The van der Waals surface area contributed by atoms with E-state index in [2.05, 4.69) is 18.0 Å². The molecule has 0 fully saturated rings. The Morgan fingerprint density at radius 3 is 2.61 bits per heavy atom. The number of thiazole rings is 1. The van der Waals surface area contributed by atoms with Gasteiger partial charge in [0.15, 0.2) is 0 Å². The number of carbonyl (C=O) groups excluding carboxylic acids is 2. The van der Waals surface area contributed by atoms with E-state index in [9.17, 15) is 14.7 Å². The lowest BCUT2D eigenvalue weighted by Crippen LogP contribution is -2.38. The molecule has 1 aliphatic heterocycles. The topological polar surface area (TPSA) is 76.5 Å². The number of aryl methyl sites for hydroxylation is 1. The Labute approximate surface area is 202 Å². The number of esters is 1. The molecule has 1 aromatic rings. The minimum Gasteiger partial charge on any atom is -0.454 e. The van der Waals surface area contributed by atoms with Gasteiger partial charge in [-0.2, -0.15) is 0 Å². The zero-order valence-electron chi connectivity index (χ0n) is 21.1. The van der Waals surface area contributed by atoms with Crippen molar-refractivity contribution in [3.63, 3.8) is 0 Å². The van der Waals surface area contributed by atoms with Crippen LogP contribution in [0.1, 0.15) is 77.9 Å². The molecular formula is C27H39NO4S. The maximum atomic E-state index is 13.1. The Hall–Kier alpha value is -2.05. The first-order valence-corrected chi connectivity index (χ1v) is 12.7. The summed E-state index contributed by atoms with van der Waals surface area (Å²) in [5.41, 5.74) is 2.13. The number of Topliss-reactive ketones (excluding diaryl/α,β-unsaturated/α-hetero) is 1. The van der Waals surface area contributed by atoms with Crippen LogP contribution < -0.4 is 0 Å². The summed E-state index contributed by atoms with van der Waals surface area (Å²) >= 11 is 1.58. The molecule has 0 saturated heterocycles. The molecule has 0 aromatic carbocycles. The minimum atomic E-state index is -0.884. The third-order valence-electron chi connectivity index (χ3n) is 6.47. The van der Waals surface area contributed by atoms with E-state index in [0.29, 0.717) is 6.42 Å². The van der Waals surface area contributed by atoms with Crippen LogP contribution >= 0.6 is 11.3 Å². The number of allylic oxidation sites excluding steroid dienone is 2. The lowest BCUT2D eigenvalue weighted by molar-refractivity contribution is -0.141. The third kappa shape index (κ3) is 8.04. The van der Waals surface area contributed by atoms with Crippen LogP contribution in [0.15, 0.2) is 34.8 Å². The summed E-state index contributed by atoms with van der Waals surface area (Å²) in [6, 6.07) is 0. The SMILES string of the molecule is C/C1=C/CC(/C(C)=C/c2csc(C)n2)OC(=O)/C=C/C(C)(C)C(=O)C(C)C(O)C(C)CCC1. The van der Waals surface area contributed by atoms with Gasteiger partial charge < -0.3 is 9.84 Å². The molecule has 4 atom stereocenters. The Kier molecular flexibility index (Phi) is 9.80. The first-order chi connectivity index (χ1) is 15.4. The van der Waals surface area contributed by atoms with Gasteiger partial charge in [-0.15, -0.1) is 11.3 Å². The Morgan fingerprint density at radius 2 is 1.97 bits per heavy atom. The van der Waals surface area contributed by atoms with Crippen molar-refractivity contribution in [2.75, 3.05) is 0 Å². The van der Waals surface area contributed by atoms with E-state index in [4.69, 9.17) is 4.74 Å². The van der Waals surface area contributed by atoms with Gasteiger partial charge in [-0.05, 0) is 71.4 Å². The van der Waals surface area contributed by atoms with Gasteiger partial charge in [-0.25, -0.2) is 9.78 Å². The summed E-state index contributed by atoms with van der Waals surface area (Å²) in [6.07, 6.45) is 9.18. The van der Waals surface area contributed by atoms with E-state index >= 15 is 0 Å². The lowest BCUT2D eigenvalue weighted by atomic mass is 9.76. The monoisotopic (exact) mass is 473 g/mol. The van der Waals surface area contributed by atoms with Crippen LogP contribution in [0.5, 0.6) is 0 Å².